The van der Waals surface area contributed by atoms with Crippen molar-refractivity contribution in [2.24, 2.45) is 5.92 Å². The molecule has 7 amide bonds. The molecule has 1 atom stereocenters. The third kappa shape index (κ3) is 12.9. The van der Waals surface area contributed by atoms with Crippen LogP contribution in [-0.2, 0) is 33.6 Å². The maximum Gasteiger partial charge on any atom is 0.246 e. The highest BCUT2D eigenvalue weighted by molar-refractivity contribution is 5.97. The van der Waals surface area contributed by atoms with Gasteiger partial charge in [0.05, 0.1) is 12.1 Å². The number of hydrogen-bond acceptors (Lipinski definition) is 8. The first kappa shape index (κ1) is 40.3. The molecule has 1 unspecified atom stereocenters. The van der Waals surface area contributed by atoms with E-state index in [0.717, 1.165) is 25.8 Å². The largest absolute Gasteiger partial charge is 0.354 e. The molecule has 1 fully saturated rings. The smallest absolute Gasteiger partial charge is 0.246 e. The van der Waals surface area contributed by atoms with E-state index in [-0.39, 0.29) is 36.8 Å². The first-order chi connectivity index (χ1) is 21.1. The summed E-state index contributed by atoms with van der Waals surface area (Å²) in [7, 11) is 3.92. The summed E-state index contributed by atoms with van der Waals surface area (Å²) in [6.45, 7) is 13.0. The minimum absolute atomic E-state index is 0.0277. The molecule has 15 nitrogen and oxygen atoms in total. The number of rotatable bonds is 19. The van der Waals surface area contributed by atoms with Crippen LogP contribution in [0.4, 0.5) is 0 Å². The summed E-state index contributed by atoms with van der Waals surface area (Å²) in [5.74, 6) is -3.11. The molecule has 0 spiro atoms. The van der Waals surface area contributed by atoms with Gasteiger partial charge in [-0.3, -0.25) is 33.6 Å². The molecule has 0 aromatic heterocycles. The van der Waals surface area contributed by atoms with Crippen LogP contribution < -0.4 is 37.2 Å². The molecule has 1 saturated carbocycles. The quantitative estimate of drug-likeness (QED) is 0.0865. The summed E-state index contributed by atoms with van der Waals surface area (Å²) in [6, 6.07) is -0.966. The summed E-state index contributed by atoms with van der Waals surface area (Å²) >= 11 is 0. The predicted octanol–water partition coefficient (Wildman–Crippen LogP) is -0.945. The fourth-order valence-electron chi connectivity index (χ4n) is 4.89. The summed E-state index contributed by atoms with van der Waals surface area (Å²) in [4.78, 5) is 89.5. The van der Waals surface area contributed by atoms with E-state index in [4.69, 9.17) is 0 Å². The van der Waals surface area contributed by atoms with Gasteiger partial charge in [0.2, 0.25) is 41.9 Å². The minimum atomic E-state index is -1.46. The van der Waals surface area contributed by atoms with Gasteiger partial charge >= 0.3 is 0 Å². The van der Waals surface area contributed by atoms with Gasteiger partial charge in [0.15, 0.2) is 0 Å². The van der Waals surface area contributed by atoms with Crippen LogP contribution in [0, 0.1) is 5.92 Å². The average Bonchev–Trinajstić information content (AvgIpc) is 2.88. The number of nitrogens with one attached hydrogen (secondary N) is 7. The SMILES string of the molecule is CC(C)CC(NC(=O)C(C)(C)NC=O)C(=O)NCC(=O)NC(C)(C)C(=O)NC(C)(C)C(=O)NCCC(=O)NC1(CN(C)C)CCC1. The van der Waals surface area contributed by atoms with Gasteiger partial charge in [0.25, 0.3) is 0 Å². The van der Waals surface area contributed by atoms with E-state index >= 15 is 0 Å². The maximum atomic E-state index is 13.1. The van der Waals surface area contributed by atoms with E-state index in [1.54, 1.807) is 0 Å². The zero-order chi connectivity index (χ0) is 35.5. The van der Waals surface area contributed by atoms with Crippen molar-refractivity contribution in [1.29, 1.82) is 0 Å². The van der Waals surface area contributed by atoms with Crippen molar-refractivity contribution in [3.05, 3.63) is 0 Å². The maximum absolute atomic E-state index is 13.1. The average molecular weight is 653 g/mol. The van der Waals surface area contributed by atoms with Crippen molar-refractivity contribution in [2.75, 3.05) is 33.7 Å². The Morgan fingerprint density at radius 1 is 0.804 bits per heavy atom. The fraction of sp³-hybridized carbons (Fsp3) is 0.774. The van der Waals surface area contributed by atoms with Crippen LogP contribution in [-0.4, -0.2) is 109 Å². The van der Waals surface area contributed by atoms with Crippen molar-refractivity contribution in [2.45, 2.75) is 116 Å². The Kier molecular flexibility index (Phi) is 14.6. The molecule has 1 rings (SSSR count). The predicted molar refractivity (Wildman–Crippen MR) is 173 cm³/mol. The van der Waals surface area contributed by atoms with Crippen molar-refractivity contribution in [1.82, 2.24) is 42.1 Å². The first-order valence-electron chi connectivity index (χ1n) is 15.7. The lowest BCUT2D eigenvalue weighted by Crippen LogP contribution is -2.63. The van der Waals surface area contributed by atoms with Crippen molar-refractivity contribution in [3.8, 4) is 0 Å². The van der Waals surface area contributed by atoms with Gasteiger partial charge in [0, 0.05) is 19.5 Å². The monoisotopic (exact) mass is 652 g/mol. The van der Waals surface area contributed by atoms with E-state index in [0.29, 0.717) is 6.41 Å². The van der Waals surface area contributed by atoms with Gasteiger partial charge in [-0.25, -0.2) is 0 Å². The molecule has 46 heavy (non-hydrogen) atoms. The third-order valence-corrected chi connectivity index (χ3v) is 7.72. The van der Waals surface area contributed by atoms with Gasteiger partial charge in [0.1, 0.15) is 22.7 Å². The minimum Gasteiger partial charge on any atom is -0.354 e. The molecule has 1 aliphatic rings. The van der Waals surface area contributed by atoms with Gasteiger partial charge in [-0.1, -0.05) is 13.8 Å². The van der Waals surface area contributed by atoms with Crippen LogP contribution in [0.25, 0.3) is 0 Å². The topological polar surface area (TPSA) is 207 Å². The Morgan fingerprint density at radius 3 is 1.89 bits per heavy atom. The molecule has 0 aliphatic heterocycles. The van der Waals surface area contributed by atoms with Crippen molar-refractivity contribution >= 4 is 41.9 Å². The fourth-order valence-corrected chi connectivity index (χ4v) is 4.89. The number of carbonyl (C=O) groups excluding carboxylic acids is 7. The zero-order valence-corrected chi connectivity index (χ0v) is 29.2. The van der Waals surface area contributed by atoms with Gasteiger partial charge in [-0.2, -0.15) is 0 Å². The molecule has 0 aromatic rings. The van der Waals surface area contributed by atoms with Gasteiger partial charge in [-0.05, 0) is 87.2 Å². The molecule has 0 bridgehead atoms. The third-order valence-electron chi connectivity index (χ3n) is 7.72. The second-order valence-electron chi connectivity index (χ2n) is 14.4. The van der Waals surface area contributed by atoms with Gasteiger partial charge < -0.3 is 42.1 Å². The Morgan fingerprint density at radius 2 is 1.39 bits per heavy atom. The molecule has 15 heteroatoms. The lowest BCUT2D eigenvalue weighted by atomic mass is 9.76. The highest BCUT2D eigenvalue weighted by atomic mass is 16.2. The summed E-state index contributed by atoms with van der Waals surface area (Å²) < 4.78 is 0. The van der Waals surface area contributed by atoms with Gasteiger partial charge in [-0.15, -0.1) is 0 Å². The van der Waals surface area contributed by atoms with E-state index in [1.165, 1.54) is 41.5 Å². The lowest BCUT2D eigenvalue weighted by molar-refractivity contribution is -0.137. The Hall–Kier alpha value is -3.75. The van der Waals surface area contributed by atoms with Crippen LogP contribution in [0.3, 0.4) is 0 Å². The van der Waals surface area contributed by atoms with Crippen LogP contribution in [0.2, 0.25) is 0 Å². The van der Waals surface area contributed by atoms with E-state index in [2.05, 4.69) is 37.2 Å². The molecule has 1 aliphatic carbocycles. The highest BCUT2D eigenvalue weighted by Crippen LogP contribution is 2.32. The number of amides is 7. The molecule has 0 saturated heterocycles. The zero-order valence-electron chi connectivity index (χ0n) is 29.2. The number of likely N-dealkylation sites (N-methyl/N-ethyl adjacent to an activating group) is 1. The number of carbonyl (C=O) groups is 7. The van der Waals surface area contributed by atoms with Crippen LogP contribution in [0.15, 0.2) is 0 Å². The molecule has 7 N–H and O–H groups in total. The number of nitrogens with zero attached hydrogens (tertiary/aromatic N) is 1. The highest BCUT2D eigenvalue weighted by Gasteiger charge is 2.39. The molecule has 0 radical (unpaired) electrons. The standard InChI is InChI=1S/C31H56N8O7/c1-20(2)16-21(35-26(45)28(3,4)34-19-40)24(43)33-17-23(42)36-30(7,8)27(46)38-29(5,6)25(44)32-15-12-22(41)37-31(13-11-14-31)18-39(9)10/h19-21H,11-18H2,1-10H3,(H,32,44)(H,33,43)(H,34,40)(H,35,45)(H,36,42)(H,37,41)(H,38,46). The Balaban J connectivity index is 2.64. The summed E-state index contributed by atoms with van der Waals surface area (Å²) in [5.41, 5.74) is -4.30. The second kappa shape index (κ2) is 16.7. The molecule has 262 valence electrons. The van der Waals surface area contributed by atoms with Crippen LogP contribution >= 0.6 is 0 Å². The normalized spacial score (nSPS) is 15.1. The Labute approximate surface area is 272 Å². The molecule has 0 heterocycles. The molecule has 0 aromatic carbocycles. The van der Waals surface area contributed by atoms with E-state index < -0.39 is 58.7 Å². The molecular formula is C31H56N8O7. The summed E-state index contributed by atoms with van der Waals surface area (Å²) in [5, 5.41) is 18.4. The van der Waals surface area contributed by atoms with Crippen molar-refractivity contribution < 1.29 is 33.6 Å². The van der Waals surface area contributed by atoms with E-state index in [1.807, 2.05) is 32.8 Å². The van der Waals surface area contributed by atoms with Crippen molar-refractivity contribution in [3.63, 3.8) is 0 Å². The lowest BCUT2D eigenvalue weighted by Gasteiger charge is -2.44. The second-order valence-corrected chi connectivity index (χ2v) is 14.4. The first-order valence-corrected chi connectivity index (χ1v) is 15.7. The molecular weight excluding hydrogens is 596 g/mol. The van der Waals surface area contributed by atoms with E-state index in [9.17, 15) is 33.6 Å². The van der Waals surface area contributed by atoms with Crippen LogP contribution in [0.5, 0.6) is 0 Å². The summed E-state index contributed by atoms with van der Waals surface area (Å²) in [6.07, 6.45) is 3.65. The van der Waals surface area contributed by atoms with Crippen LogP contribution in [0.1, 0.15) is 87.5 Å². The Bertz CT molecular complexity index is 1130. The number of hydrogen-bond donors (Lipinski definition) is 7.